The third-order valence-electron chi connectivity index (χ3n) is 2.39. The minimum absolute atomic E-state index is 0.0190. The van der Waals surface area contributed by atoms with E-state index in [1.807, 2.05) is 0 Å². The zero-order valence-electron chi connectivity index (χ0n) is 12.7. The highest BCUT2D eigenvalue weighted by Gasteiger charge is 2.24. The second kappa shape index (κ2) is 6.39. The van der Waals surface area contributed by atoms with Crippen molar-refractivity contribution in [2.45, 2.75) is 33.3 Å². The second-order valence-electron chi connectivity index (χ2n) is 5.29. The molecule has 1 aromatic heterocycles. The van der Waals surface area contributed by atoms with Crippen molar-refractivity contribution in [1.82, 2.24) is 4.98 Å². The van der Waals surface area contributed by atoms with E-state index in [0.29, 0.717) is 5.56 Å². The van der Waals surface area contributed by atoms with Gasteiger partial charge in [-0.05, 0) is 33.8 Å². The molecule has 0 aliphatic rings. The molecule has 0 unspecified atom stereocenters. The number of nitrogen functional groups attached to an aromatic ring is 1. The maximum atomic E-state index is 12.1. The fourth-order valence-corrected chi connectivity index (χ4v) is 1.56. The monoisotopic (exact) mass is 292 g/mol. The molecular formula is C15H20N2O4. The van der Waals surface area contributed by atoms with Crippen LogP contribution in [0.4, 0.5) is 5.82 Å². The molecule has 0 fully saturated rings. The smallest absolute Gasteiger partial charge is 0.358 e. The average Bonchev–Trinajstić information content (AvgIpc) is 2.36. The van der Waals surface area contributed by atoms with Crippen molar-refractivity contribution in [3.63, 3.8) is 0 Å². The first-order valence-corrected chi connectivity index (χ1v) is 6.53. The fourth-order valence-electron chi connectivity index (χ4n) is 1.56. The molecule has 21 heavy (non-hydrogen) atoms. The molecule has 2 N–H and O–H groups in total. The minimum atomic E-state index is -0.661. The van der Waals surface area contributed by atoms with Crippen molar-refractivity contribution >= 4 is 23.8 Å². The van der Waals surface area contributed by atoms with E-state index in [0.717, 1.165) is 0 Å². The zero-order valence-corrected chi connectivity index (χ0v) is 12.7. The van der Waals surface area contributed by atoms with Crippen LogP contribution >= 0.6 is 0 Å². The summed E-state index contributed by atoms with van der Waals surface area (Å²) >= 11 is 0. The molecule has 0 atom stereocenters. The highest BCUT2D eigenvalue weighted by Crippen LogP contribution is 2.20. The number of rotatable bonds is 4. The van der Waals surface area contributed by atoms with Gasteiger partial charge in [0.25, 0.3) is 0 Å². The maximum absolute atomic E-state index is 12.1. The van der Waals surface area contributed by atoms with E-state index in [2.05, 4.69) is 11.6 Å². The van der Waals surface area contributed by atoms with Crippen LogP contribution in [-0.4, -0.2) is 29.1 Å². The Morgan fingerprint density at radius 2 is 2.00 bits per heavy atom. The third-order valence-corrected chi connectivity index (χ3v) is 2.39. The number of hydrogen-bond acceptors (Lipinski definition) is 6. The van der Waals surface area contributed by atoms with Crippen molar-refractivity contribution in [2.75, 3.05) is 12.3 Å². The Hall–Kier alpha value is -2.37. The number of ether oxygens (including phenoxy) is 2. The van der Waals surface area contributed by atoms with E-state index >= 15 is 0 Å². The molecule has 0 amide bonds. The van der Waals surface area contributed by atoms with Crippen LogP contribution in [0.25, 0.3) is 6.08 Å². The Bertz CT molecular complexity index is 574. The predicted octanol–water partition coefficient (Wildman–Crippen LogP) is 2.44. The van der Waals surface area contributed by atoms with Crippen LogP contribution < -0.4 is 5.73 Å². The largest absolute Gasteiger partial charge is 0.462 e. The number of esters is 2. The van der Waals surface area contributed by atoms with Crippen molar-refractivity contribution in [2.24, 2.45) is 0 Å². The number of anilines is 1. The first-order valence-electron chi connectivity index (χ1n) is 6.53. The summed E-state index contributed by atoms with van der Waals surface area (Å²) in [7, 11) is 0. The lowest BCUT2D eigenvalue weighted by Gasteiger charge is -2.20. The summed E-state index contributed by atoms with van der Waals surface area (Å²) in [5, 5.41) is 0. The molecule has 114 valence electrons. The maximum Gasteiger partial charge on any atom is 0.358 e. The van der Waals surface area contributed by atoms with Gasteiger partial charge in [0.1, 0.15) is 17.0 Å². The predicted molar refractivity (Wildman–Crippen MR) is 79.9 cm³/mol. The number of carbonyl (C=O) groups excluding carboxylic acids is 2. The molecule has 0 aliphatic carbocycles. The van der Waals surface area contributed by atoms with Gasteiger partial charge in [-0.3, -0.25) is 0 Å². The summed E-state index contributed by atoms with van der Waals surface area (Å²) in [4.78, 5) is 27.8. The van der Waals surface area contributed by atoms with Crippen LogP contribution in [0.1, 0.15) is 54.1 Å². The van der Waals surface area contributed by atoms with Crippen molar-refractivity contribution in [1.29, 1.82) is 0 Å². The number of nitrogens with zero attached hydrogens (tertiary/aromatic N) is 1. The molecule has 0 spiro atoms. The Morgan fingerprint density at radius 3 is 2.48 bits per heavy atom. The van der Waals surface area contributed by atoms with Crippen LogP contribution in [0.2, 0.25) is 0 Å². The highest BCUT2D eigenvalue weighted by molar-refractivity contribution is 5.98. The molecule has 1 heterocycles. The van der Waals surface area contributed by atoms with Gasteiger partial charge in [0.05, 0.1) is 6.61 Å². The molecule has 1 aromatic rings. The van der Waals surface area contributed by atoms with Gasteiger partial charge in [-0.15, -0.1) is 0 Å². The summed E-state index contributed by atoms with van der Waals surface area (Å²) in [6.45, 7) is 10.7. The first-order chi connectivity index (χ1) is 9.69. The molecule has 0 bridgehead atoms. The fraction of sp³-hybridized carbons (Fsp3) is 0.400. The summed E-state index contributed by atoms with van der Waals surface area (Å²) in [5.74, 6) is -1.30. The van der Waals surface area contributed by atoms with Gasteiger partial charge in [0, 0.05) is 5.56 Å². The van der Waals surface area contributed by atoms with Gasteiger partial charge in [-0.2, -0.15) is 0 Å². The van der Waals surface area contributed by atoms with Crippen LogP contribution in [-0.2, 0) is 9.47 Å². The lowest BCUT2D eigenvalue weighted by atomic mass is 10.1. The second-order valence-corrected chi connectivity index (χ2v) is 5.29. The Morgan fingerprint density at radius 1 is 1.38 bits per heavy atom. The molecule has 6 heteroatoms. The summed E-state index contributed by atoms with van der Waals surface area (Å²) < 4.78 is 10.1. The number of aromatic nitrogens is 1. The molecule has 0 aromatic carbocycles. The summed E-state index contributed by atoms with van der Waals surface area (Å²) in [5.41, 5.74) is 5.54. The Balaban J connectivity index is 3.24. The SMILES string of the molecule is C=Cc1cc(C(=O)OCC)c(N)nc1C(=O)OC(C)(C)C. The van der Waals surface area contributed by atoms with Crippen LogP contribution in [0.3, 0.4) is 0 Å². The normalized spacial score (nSPS) is 10.9. The lowest BCUT2D eigenvalue weighted by molar-refractivity contribution is 0.00621. The number of nitrogens with two attached hydrogens (primary N) is 1. The molecule has 0 saturated heterocycles. The minimum Gasteiger partial charge on any atom is -0.462 e. The van der Waals surface area contributed by atoms with E-state index in [-0.39, 0.29) is 23.7 Å². The van der Waals surface area contributed by atoms with Gasteiger partial charge in [-0.1, -0.05) is 12.7 Å². The molecule has 6 nitrogen and oxygen atoms in total. The number of carbonyl (C=O) groups is 2. The van der Waals surface area contributed by atoms with E-state index in [1.165, 1.54) is 12.1 Å². The zero-order chi connectivity index (χ0) is 16.2. The van der Waals surface area contributed by atoms with E-state index in [1.54, 1.807) is 27.7 Å². The van der Waals surface area contributed by atoms with E-state index in [4.69, 9.17) is 15.2 Å². The third kappa shape index (κ3) is 4.30. The van der Waals surface area contributed by atoms with Crippen molar-refractivity contribution in [3.05, 3.63) is 29.5 Å². The quantitative estimate of drug-likeness (QED) is 0.857. The summed E-state index contributed by atoms with van der Waals surface area (Å²) in [6.07, 6.45) is 1.41. The molecule has 0 saturated carbocycles. The number of hydrogen-bond donors (Lipinski definition) is 1. The highest BCUT2D eigenvalue weighted by atomic mass is 16.6. The average molecular weight is 292 g/mol. The van der Waals surface area contributed by atoms with Crippen LogP contribution in [0.5, 0.6) is 0 Å². The molecular weight excluding hydrogens is 272 g/mol. The standard InChI is InChI=1S/C15H20N2O4/c1-6-9-8-10(13(18)20-7-2)12(16)17-11(9)14(19)21-15(3,4)5/h6,8H,1,7H2,2-5H3,(H2,16,17). The van der Waals surface area contributed by atoms with Crippen LogP contribution in [0, 0.1) is 0 Å². The Labute approximate surface area is 124 Å². The van der Waals surface area contributed by atoms with E-state index < -0.39 is 17.5 Å². The van der Waals surface area contributed by atoms with E-state index in [9.17, 15) is 9.59 Å². The first kappa shape index (κ1) is 16.7. The van der Waals surface area contributed by atoms with Gasteiger partial charge in [-0.25, -0.2) is 14.6 Å². The molecule has 0 radical (unpaired) electrons. The molecule has 1 rings (SSSR count). The lowest BCUT2D eigenvalue weighted by Crippen LogP contribution is -2.25. The van der Waals surface area contributed by atoms with Crippen LogP contribution in [0.15, 0.2) is 12.6 Å². The Kier molecular flexibility index (Phi) is 5.07. The topological polar surface area (TPSA) is 91.5 Å². The van der Waals surface area contributed by atoms with Gasteiger partial charge < -0.3 is 15.2 Å². The number of pyridine rings is 1. The van der Waals surface area contributed by atoms with Gasteiger partial charge in [0.2, 0.25) is 0 Å². The van der Waals surface area contributed by atoms with Gasteiger partial charge >= 0.3 is 11.9 Å². The molecule has 0 aliphatic heterocycles. The van der Waals surface area contributed by atoms with Gasteiger partial charge in [0.15, 0.2) is 5.69 Å². The summed E-state index contributed by atoms with van der Waals surface area (Å²) in [6, 6.07) is 1.42. The van der Waals surface area contributed by atoms with Crippen molar-refractivity contribution < 1.29 is 19.1 Å². The van der Waals surface area contributed by atoms with Crippen molar-refractivity contribution in [3.8, 4) is 0 Å².